The average molecular weight is 384 g/mol. The highest BCUT2D eigenvalue weighted by atomic mass is 16.5. The van der Waals surface area contributed by atoms with E-state index in [1.54, 1.807) is 0 Å². The second kappa shape index (κ2) is 9.21. The minimum Gasteiger partial charge on any atom is -0.493 e. The summed E-state index contributed by atoms with van der Waals surface area (Å²) in [5, 5.41) is 15.5. The Kier molecular flexibility index (Phi) is 6.47. The molecule has 1 unspecified atom stereocenters. The number of urea groups is 1. The number of fused-ring (bicyclic) bond motifs is 1. The third kappa shape index (κ3) is 5.00. The summed E-state index contributed by atoms with van der Waals surface area (Å²) >= 11 is 0. The molecule has 1 fully saturated rings. The summed E-state index contributed by atoms with van der Waals surface area (Å²) in [6, 6.07) is 10.7. The summed E-state index contributed by atoms with van der Waals surface area (Å²) in [5.41, 5.74) is 0.971. The van der Waals surface area contributed by atoms with Crippen molar-refractivity contribution in [2.24, 2.45) is 0 Å². The van der Waals surface area contributed by atoms with Crippen molar-refractivity contribution in [2.45, 2.75) is 44.6 Å². The van der Waals surface area contributed by atoms with Gasteiger partial charge in [0.25, 0.3) is 5.91 Å². The number of carboxylic acids is 1. The maximum atomic E-state index is 11.8. The zero-order chi connectivity index (χ0) is 19.9. The number of hydrogen-bond acceptors (Lipinski definition) is 4. The monoisotopic (exact) mass is 384 g/mol. The van der Waals surface area contributed by atoms with Crippen molar-refractivity contribution in [3.05, 3.63) is 42.0 Å². The van der Waals surface area contributed by atoms with E-state index in [1.807, 2.05) is 36.4 Å². The number of ether oxygens (including phenoxy) is 1. The molecule has 7 nitrogen and oxygen atoms in total. The molecule has 148 valence electrons. The number of amides is 3. The highest BCUT2D eigenvalue weighted by Crippen LogP contribution is 2.29. The fourth-order valence-electron chi connectivity index (χ4n) is 3.37. The van der Waals surface area contributed by atoms with Crippen LogP contribution in [0.1, 0.15) is 37.7 Å². The molecule has 1 aliphatic heterocycles. The highest BCUT2D eigenvalue weighted by Gasteiger charge is 2.29. The van der Waals surface area contributed by atoms with Gasteiger partial charge >= 0.3 is 12.0 Å². The van der Waals surface area contributed by atoms with E-state index >= 15 is 0 Å². The molecular weight excluding hydrogens is 360 g/mol. The quantitative estimate of drug-likeness (QED) is 0.431. The van der Waals surface area contributed by atoms with Crippen LogP contribution in [0.5, 0.6) is 5.75 Å². The lowest BCUT2D eigenvalue weighted by atomic mass is 9.98. The maximum Gasteiger partial charge on any atom is 0.322 e. The predicted octanol–water partition coefficient (Wildman–Crippen LogP) is 3.00. The van der Waals surface area contributed by atoms with Crippen LogP contribution in [0.2, 0.25) is 0 Å². The van der Waals surface area contributed by atoms with E-state index in [-0.39, 0.29) is 12.3 Å². The molecule has 0 radical (unpaired) electrons. The maximum absolute atomic E-state index is 11.8. The molecule has 2 aromatic carbocycles. The molecular formula is C21H24N2O5. The standard InChI is InChI=1S/C21H24N2O5/c24-19(25)9-3-1-2-6-12-28-18-11-10-14(15-7-4-5-8-16(15)18)13-17-20(26)23-21(27)22-17/h4-5,7-8,10-11,17H,1-3,6,9,12-13H2,(H,24,25)(H2,22,23,26,27). The third-order valence-electron chi connectivity index (χ3n) is 4.80. The van der Waals surface area contributed by atoms with Crippen LogP contribution >= 0.6 is 0 Å². The van der Waals surface area contributed by atoms with Crippen LogP contribution in [0.15, 0.2) is 36.4 Å². The van der Waals surface area contributed by atoms with Crippen molar-refractivity contribution in [1.82, 2.24) is 10.6 Å². The van der Waals surface area contributed by atoms with Gasteiger partial charge in [-0.1, -0.05) is 43.2 Å². The van der Waals surface area contributed by atoms with Crippen LogP contribution in [-0.4, -0.2) is 35.7 Å². The van der Waals surface area contributed by atoms with E-state index in [1.165, 1.54) is 0 Å². The van der Waals surface area contributed by atoms with Crippen molar-refractivity contribution >= 4 is 28.7 Å². The molecule has 0 bridgehead atoms. The molecule has 1 aliphatic rings. The summed E-state index contributed by atoms with van der Waals surface area (Å²) in [7, 11) is 0. The number of hydrogen-bond donors (Lipinski definition) is 3. The number of nitrogens with one attached hydrogen (secondary N) is 2. The van der Waals surface area contributed by atoms with Crippen LogP contribution in [0, 0.1) is 0 Å². The average Bonchev–Trinajstić information content (AvgIpc) is 2.99. The second-order valence-corrected chi connectivity index (χ2v) is 6.89. The number of unbranched alkanes of at least 4 members (excludes halogenated alkanes) is 3. The highest BCUT2D eigenvalue weighted by molar-refractivity contribution is 6.04. The lowest BCUT2D eigenvalue weighted by molar-refractivity contribution is -0.137. The van der Waals surface area contributed by atoms with E-state index in [0.29, 0.717) is 19.4 Å². The van der Waals surface area contributed by atoms with E-state index in [0.717, 1.165) is 41.3 Å². The Hall–Kier alpha value is -3.09. The molecule has 0 aromatic heterocycles. The van der Waals surface area contributed by atoms with Crippen LogP contribution in [0.25, 0.3) is 10.8 Å². The molecule has 3 N–H and O–H groups in total. The van der Waals surface area contributed by atoms with Crippen LogP contribution < -0.4 is 15.4 Å². The zero-order valence-corrected chi connectivity index (χ0v) is 15.6. The zero-order valence-electron chi connectivity index (χ0n) is 15.6. The minimum absolute atomic E-state index is 0.215. The van der Waals surface area contributed by atoms with Gasteiger partial charge in [0.1, 0.15) is 11.8 Å². The SMILES string of the molecule is O=C(O)CCCCCCOc1ccc(CC2NC(=O)NC2=O)c2ccccc12. The predicted molar refractivity (Wildman–Crippen MR) is 104 cm³/mol. The first-order chi connectivity index (χ1) is 13.5. The van der Waals surface area contributed by atoms with Gasteiger partial charge in [-0.3, -0.25) is 14.9 Å². The van der Waals surface area contributed by atoms with Gasteiger partial charge in [0.05, 0.1) is 6.61 Å². The van der Waals surface area contributed by atoms with Crippen molar-refractivity contribution in [1.29, 1.82) is 0 Å². The molecule has 0 spiro atoms. The van der Waals surface area contributed by atoms with Crippen molar-refractivity contribution < 1.29 is 24.2 Å². The third-order valence-corrected chi connectivity index (χ3v) is 4.80. The lowest BCUT2D eigenvalue weighted by Gasteiger charge is -2.14. The molecule has 0 aliphatic carbocycles. The molecule has 3 rings (SSSR count). The number of carboxylic acid groups (broad SMARTS) is 1. The van der Waals surface area contributed by atoms with Gasteiger partial charge in [0.2, 0.25) is 0 Å². The summed E-state index contributed by atoms with van der Waals surface area (Å²) in [4.78, 5) is 33.7. The Bertz CT molecular complexity index is 880. The minimum atomic E-state index is -0.752. The van der Waals surface area contributed by atoms with Gasteiger partial charge in [-0.15, -0.1) is 0 Å². The van der Waals surface area contributed by atoms with Crippen molar-refractivity contribution in [3.8, 4) is 5.75 Å². The van der Waals surface area contributed by atoms with Crippen molar-refractivity contribution in [3.63, 3.8) is 0 Å². The Balaban J connectivity index is 1.61. The summed E-state index contributed by atoms with van der Waals surface area (Å²) in [6.07, 6.45) is 4.00. The topological polar surface area (TPSA) is 105 Å². The Labute approximate surface area is 163 Å². The Morgan fingerprint density at radius 1 is 1.00 bits per heavy atom. The van der Waals surface area contributed by atoms with Crippen LogP contribution in [0.4, 0.5) is 4.79 Å². The van der Waals surface area contributed by atoms with Crippen molar-refractivity contribution in [2.75, 3.05) is 6.61 Å². The molecule has 7 heteroatoms. The van der Waals surface area contributed by atoms with Gasteiger partial charge < -0.3 is 15.2 Å². The molecule has 1 saturated heterocycles. The molecule has 1 atom stereocenters. The number of carbonyl (C=O) groups is 3. The molecule has 2 aromatic rings. The van der Waals surface area contributed by atoms with Crippen LogP contribution in [-0.2, 0) is 16.0 Å². The molecule has 28 heavy (non-hydrogen) atoms. The van der Waals surface area contributed by atoms with E-state index < -0.39 is 18.0 Å². The van der Waals surface area contributed by atoms with Gasteiger partial charge in [0.15, 0.2) is 0 Å². The van der Waals surface area contributed by atoms with E-state index in [4.69, 9.17) is 9.84 Å². The van der Waals surface area contributed by atoms with E-state index in [9.17, 15) is 14.4 Å². The number of aliphatic carboxylic acids is 1. The number of rotatable bonds is 10. The van der Waals surface area contributed by atoms with Gasteiger partial charge in [-0.2, -0.15) is 0 Å². The number of benzene rings is 2. The molecule has 1 heterocycles. The van der Waals surface area contributed by atoms with Crippen LogP contribution in [0.3, 0.4) is 0 Å². The number of imide groups is 1. The lowest BCUT2D eigenvalue weighted by Crippen LogP contribution is -2.31. The number of carbonyl (C=O) groups excluding carboxylic acids is 2. The first kappa shape index (κ1) is 19.7. The normalized spacial score (nSPS) is 16.1. The fourth-order valence-corrected chi connectivity index (χ4v) is 3.37. The molecule has 3 amide bonds. The Morgan fingerprint density at radius 3 is 2.46 bits per heavy atom. The first-order valence-electron chi connectivity index (χ1n) is 9.51. The smallest absolute Gasteiger partial charge is 0.322 e. The van der Waals surface area contributed by atoms with E-state index in [2.05, 4.69) is 10.6 Å². The first-order valence-corrected chi connectivity index (χ1v) is 9.51. The summed E-state index contributed by atoms with van der Waals surface area (Å²) in [6.45, 7) is 0.567. The largest absolute Gasteiger partial charge is 0.493 e. The Morgan fingerprint density at radius 2 is 1.75 bits per heavy atom. The van der Waals surface area contributed by atoms with Gasteiger partial charge in [-0.05, 0) is 29.9 Å². The summed E-state index contributed by atoms with van der Waals surface area (Å²) < 4.78 is 5.94. The fraction of sp³-hybridized carbons (Fsp3) is 0.381. The second-order valence-electron chi connectivity index (χ2n) is 6.89. The molecule has 0 saturated carbocycles. The van der Waals surface area contributed by atoms with Gasteiger partial charge in [0, 0.05) is 18.2 Å². The van der Waals surface area contributed by atoms with Gasteiger partial charge in [-0.25, -0.2) is 4.79 Å². The summed E-state index contributed by atoms with van der Waals surface area (Å²) in [5.74, 6) is -0.278.